The van der Waals surface area contributed by atoms with Crippen LogP contribution in [-0.4, -0.2) is 3.21 Å². The standard InChI is InChI=1S/C25H25.C13H10.C9H13.2ClH.Zr/c1-14-12-24(3,4)22-8-16-7-17-9-23-19(15(2)13-25(23,5)6)11-21(17)20(16)10-18(14)22;1-3-7-12(8-4-1)11-13-9-5-2-6-10-13;1-9(2,3)8-6-4-5-7-8;;;/h8-12H,7H2,1-6H3;1-10H;6-7H,4H2,1-3H3;2*1H;/q;;;;;+2/p-2. The van der Waals surface area contributed by atoms with E-state index in [1.807, 2.05) is 0 Å². The van der Waals surface area contributed by atoms with E-state index in [-0.39, 0.29) is 41.1 Å². The maximum absolute atomic E-state index is 2.78. The molecule has 3 heteroatoms. The van der Waals surface area contributed by atoms with E-state index in [2.05, 4.69) is 165 Å². The molecule has 0 amide bonds. The van der Waals surface area contributed by atoms with Crippen molar-refractivity contribution >= 4 is 14.4 Å². The van der Waals surface area contributed by atoms with Gasteiger partial charge in [0.1, 0.15) is 0 Å². The molecule has 0 heterocycles. The fraction of sp³-hybridized carbons (Fsp3) is 0.298. The van der Waals surface area contributed by atoms with Gasteiger partial charge in [-0.05, 0) is 0 Å². The topological polar surface area (TPSA) is 0 Å². The first-order valence-electron chi connectivity index (χ1n) is 17.8. The van der Waals surface area contributed by atoms with Crippen LogP contribution in [0.25, 0.3) is 22.3 Å². The molecule has 0 nitrogen and oxygen atoms in total. The van der Waals surface area contributed by atoms with Crippen molar-refractivity contribution in [2.45, 2.75) is 86.0 Å². The van der Waals surface area contributed by atoms with Crippen LogP contribution in [0.2, 0.25) is 0 Å². The molecule has 0 saturated heterocycles. The van der Waals surface area contributed by atoms with Crippen molar-refractivity contribution in [1.82, 2.24) is 0 Å². The van der Waals surface area contributed by atoms with Crippen molar-refractivity contribution < 1.29 is 46.1 Å². The molecular formula is C47H48Cl2Zr. The molecule has 0 fully saturated rings. The Morgan fingerprint density at radius 1 is 0.680 bits per heavy atom. The van der Waals surface area contributed by atoms with Crippen molar-refractivity contribution in [3.8, 4) is 11.1 Å². The number of benzene rings is 4. The van der Waals surface area contributed by atoms with Gasteiger partial charge in [-0.2, -0.15) is 0 Å². The van der Waals surface area contributed by atoms with Gasteiger partial charge in [0.2, 0.25) is 0 Å². The fourth-order valence-electron chi connectivity index (χ4n) is 9.24. The van der Waals surface area contributed by atoms with Gasteiger partial charge in [0.15, 0.2) is 0 Å². The van der Waals surface area contributed by atoms with Crippen LogP contribution in [0.5, 0.6) is 0 Å². The van der Waals surface area contributed by atoms with Crippen LogP contribution in [0, 0.1) is 5.41 Å². The second-order valence-corrected chi connectivity index (χ2v) is 22.6. The first-order chi connectivity index (χ1) is 22.8. The SMILES string of the molecule is CC1=CC(C)(C)c2cc3c(cc21)-c1cc2c(cc1C3)C(C)(C)[C]([Zr+2]([C]1=CC(C(C)(C)C)=CC1)=[C](c1ccccc1)c1ccccc1)=C2C.[Cl-].[Cl-]. The average Bonchev–Trinajstić information content (AvgIpc) is 3.77. The molecule has 0 aliphatic heterocycles. The summed E-state index contributed by atoms with van der Waals surface area (Å²) >= 11 is -2.78. The van der Waals surface area contributed by atoms with Crippen molar-refractivity contribution in [1.29, 1.82) is 0 Å². The van der Waals surface area contributed by atoms with Crippen LogP contribution in [0.1, 0.15) is 113 Å². The molecule has 50 heavy (non-hydrogen) atoms. The predicted octanol–water partition coefficient (Wildman–Crippen LogP) is 6.13. The van der Waals surface area contributed by atoms with Gasteiger partial charge in [-0.3, -0.25) is 0 Å². The quantitative estimate of drug-likeness (QED) is 0.206. The van der Waals surface area contributed by atoms with Crippen LogP contribution in [0.4, 0.5) is 0 Å². The largest absolute Gasteiger partial charge is 1.00 e. The summed E-state index contributed by atoms with van der Waals surface area (Å²) < 4.78 is 5.07. The molecular weight excluding hydrogens is 727 g/mol. The first-order valence-corrected chi connectivity index (χ1v) is 21.5. The van der Waals surface area contributed by atoms with E-state index in [1.54, 1.807) is 9.77 Å². The molecule has 4 aliphatic carbocycles. The summed E-state index contributed by atoms with van der Waals surface area (Å²) in [6, 6.07) is 33.0. The monoisotopic (exact) mass is 772 g/mol. The molecule has 4 aromatic rings. The van der Waals surface area contributed by atoms with Crippen LogP contribution in [0.15, 0.2) is 115 Å². The smallest absolute Gasteiger partial charge is 1.00 e. The summed E-state index contributed by atoms with van der Waals surface area (Å²) in [6.45, 7) is 21.7. The van der Waals surface area contributed by atoms with Gasteiger partial charge in [0, 0.05) is 0 Å². The van der Waals surface area contributed by atoms with E-state index in [0.29, 0.717) is 0 Å². The number of hydrogen-bond donors (Lipinski definition) is 0. The Morgan fingerprint density at radius 3 is 1.76 bits per heavy atom. The summed E-state index contributed by atoms with van der Waals surface area (Å²) in [5, 5.41) is 0. The van der Waals surface area contributed by atoms with E-state index in [4.69, 9.17) is 0 Å². The Kier molecular flexibility index (Phi) is 9.60. The Labute approximate surface area is 320 Å². The van der Waals surface area contributed by atoms with Crippen LogP contribution in [-0.2, 0) is 38.5 Å². The van der Waals surface area contributed by atoms with Crippen LogP contribution < -0.4 is 24.8 Å². The normalized spacial score (nSPS) is 17.2. The molecule has 0 bridgehead atoms. The molecule has 8 rings (SSSR count). The average molecular weight is 775 g/mol. The van der Waals surface area contributed by atoms with E-state index in [1.165, 1.54) is 72.4 Å². The molecule has 4 aliphatic rings. The number of rotatable bonds is 4. The number of hydrogen-bond acceptors (Lipinski definition) is 0. The third-order valence-electron chi connectivity index (χ3n) is 11.6. The van der Waals surface area contributed by atoms with Gasteiger partial charge < -0.3 is 24.8 Å². The third kappa shape index (κ3) is 5.81. The van der Waals surface area contributed by atoms with Crippen molar-refractivity contribution in [2.24, 2.45) is 5.41 Å². The summed E-state index contributed by atoms with van der Waals surface area (Å²) in [5.41, 5.74) is 19.3. The second-order valence-electron chi connectivity index (χ2n) is 16.7. The Morgan fingerprint density at radius 2 is 1.22 bits per heavy atom. The molecule has 0 radical (unpaired) electrons. The second kappa shape index (κ2) is 13.0. The van der Waals surface area contributed by atoms with Gasteiger partial charge in [-0.1, -0.05) is 0 Å². The minimum absolute atomic E-state index is 0. The minimum atomic E-state index is -2.78. The fourth-order valence-corrected chi connectivity index (χ4v) is 18.3. The summed E-state index contributed by atoms with van der Waals surface area (Å²) in [4.78, 5) is 0. The summed E-state index contributed by atoms with van der Waals surface area (Å²) in [6.07, 6.45) is 9.73. The third-order valence-corrected chi connectivity index (χ3v) is 20.4. The van der Waals surface area contributed by atoms with Gasteiger partial charge in [0.25, 0.3) is 0 Å². The van der Waals surface area contributed by atoms with Crippen LogP contribution >= 0.6 is 0 Å². The van der Waals surface area contributed by atoms with E-state index >= 15 is 0 Å². The zero-order chi connectivity index (χ0) is 33.7. The number of fused-ring (bicyclic) bond motifs is 5. The molecule has 0 N–H and O–H groups in total. The Balaban J connectivity index is 0.00000216. The molecule has 4 aromatic carbocycles. The predicted molar refractivity (Wildman–Crippen MR) is 203 cm³/mol. The van der Waals surface area contributed by atoms with Gasteiger partial charge in [0.05, 0.1) is 0 Å². The molecule has 0 saturated carbocycles. The van der Waals surface area contributed by atoms with Crippen LogP contribution in [0.3, 0.4) is 0 Å². The van der Waals surface area contributed by atoms with E-state index in [0.717, 1.165) is 12.8 Å². The van der Waals surface area contributed by atoms with Crippen molar-refractivity contribution in [3.05, 3.63) is 160 Å². The zero-order valence-electron chi connectivity index (χ0n) is 31.0. The Hall–Kier alpha value is -2.83. The van der Waals surface area contributed by atoms with Crippen molar-refractivity contribution in [2.75, 3.05) is 0 Å². The molecule has 0 aromatic heterocycles. The maximum atomic E-state index is 2.63. The zero-order valence-corrected chi connectivity index (χ0v) is 35.0. The summed E-state index contributed by atoms with van der Waals surface area (Å²) in [5.74, 6) is 0. The minimum Gasteiger partial charge on any atom is -1.00 e. The number of halogens is 2. The van der Waals surface area contributed by atoms with Gasteiger partial charge in [-0.15, -0.1) is 0 Å². The van der Waals surface area contributed by atoms with Crippen molar-refractivity contribution in [3.63, 3.8) is 0 Å². The molecule has 0 atom stereocenters. The van der Waals surface area contributed by atoms with E-state index < -0.39 is 21.3 Å². The molecule has 254 valence electrons. The van der Waals surface area contributed by atoms with Gasteiger partial charge in [-0.25, -0.2) is 0 Å². The molecule has 0 spiro atoms. The van der Waals surface area contributed by atoms with Gasteiger partial charge >= 0.3 is 298 Å². The summed E-state index contributed by atoms with van der Waals surface area (Å²) in [7, 11) is 0. The molecule has 0 unspecified atom stereocenters. The first kappa shape index (κ1) is 36.9. The maximum Gasteiger partial charge on any atom is -1.00 e. The van der Waals surface area contributed by atoms with E-state index in [9.17, 15) is 0 Å². The Bertz CT molecular complexity index is 2160. The number of allylic oxidation sites excluding steroid dienone is 8.